The molecular formula is C27H32BrClN4S. The summed E-state index contributed by atoms with van der Waals surface area (Å²) in [4.78, 5) is 9.50. The minimum atomic E-state index is 0.150. The summed E-state index contributed by atoms with van der Waals surface area (Å²) in [6.45, 7) is 2.23. The minimum absolute atomic E-state index is 0.150. The maximum Gasteiger partial charge on any atom is 0.191 e. The number of hydrogen-bond donors (Lipinski definition) is 2. The van der Waals surface area contributed by atoms with Crippen molar-refractivity contribution in [2.24, 2.45) is 0 Å². The molecule has 2 atom stereocenters. The Labute approximate surface area is 220 Å². The van der Waals surface area contributed by atoms with E-state index in [9.17, 15) is 0 Å². The highest BCUT2D eigenvalue weighted by molar-refractivity contribution is 9.10. The molecule has 7 heteroatoms. The Kier molecular flexibility index (Phi) is 9.15. The van der Waals surface area contributed by atoms with E-state index in [1.165, 1.54) is 43.2 Å². The lowest BCUT2D eigenvalue weighted by Gasteiger charge is -2.27. The molecule has 1 heterocycles. The van der Waals surface area contributed by atoms with Crippen LogP contribution in [0.4, 0.5) is 11.6 Å². The van der Waals surface area contributed by atoms with Crippen LogP contribution in [0.3, 0.4) is 0 Å². The predicted molar refractivity (Wildman–Crippen MR) is 149 cm³/mol. The second-order valence-electron chi connectivity index (χ2n) is 9.03. The van der Waals surface area contributed by atoms with Gasteiger partial charge in [-0.05, 0) is 67.8 Å². The molecule has 1 fully saturated rings. The zero-order chi connectivity index (χ0) is 23.9. The van der Waals surface area contributed by atoms with Crippen LogP contribution in [0, 0.1) is 0 Å². The largest absolute Gasteiger partial charge is 0.367 e. The van der Waals surface area contributed by atoms with E-state index < -0.39 is 0 Å². The first kappa shape index (κ1) is 25.3. The van der Waals surface area contributed by atoms with Crippen LogP contribution in [0.15, 0.2) is 64.2 Å². The molecule has 180 valence electrons. The lowest BCUT2D eigenvalue weighted by atomic mass is 9.86. The fraction of sp³-hybridized carbons (Fsp3) is 0.407. The SMILES string of the molecule is CSc1nc(NC2CCCCC2)cc(N[C@@H](C)[C@@H](Cc2ccc(Cl)cc2)c2cccc(Br)c2)n1. The van der Waals surface area contributed by atoms with Crippen molar-refractivity contribution in [1.82, 2.24) is 9.97 Å². The highest BCUT2D eigenvalue weighted by Gasteiger charge is 2.22. The van der Waals surface area contributed by atoms with Gasteiger partial charge in [-0.15, -0.1) is 0 Å². The van der Waals surface area contributed by atoms with Crippen molar-refractivity contribution < 1.29 is 0 Å². The van der Waals surface area contributed by atoms with Crippen LogP contribution in [0.25, 0.3) is 0 Å². The molecule has 0 bridgehead atoms. The summed E-state index contributed by atoms with van der Waals surface area (Å²) in [5.74, 6) is 2.03. The summed E-state index contributed by atoms with van der Waals surface area (Å²) in [6.07, 6.45) is 9.27. The van der Waals surface area contributed by atoms with Crippen LogP contribution in [0.1, 0.15) is 56.1 Å². The number of thioether (sulfide) groups is 1. The first-order chi connectivity index (χ1) is 16.5. The van der Waals surface area contributed by atoms with Gasteiger partial charge in [0.05, 0.1) is 0 Å². The lowest BCUT2D eigenvalue weighted by molar-refractivity contribution is 0.461. The molecule has 1 aromatic heterocycles. The van der Waals surface area contributed by atoms with Gasteiger partial charge in [-0.1, -0.05) is 82.8 Å². The third kappa shape index (κ3) is 7.12. The molecule has 2 aromatic carbocycles. The standard InChI is InChI=1S/C27H32BrClN4S/c1-18(24(20-7-6-8-21(28)16-20)15-19-11-13-22(29)14-12-19)30-25-17-26(33-27(32-25)34-2)31-23-9-4-3-5-10-23/h6-8,11-14,16-18,23-24H,3-5,9-10,15H2,1-2H3,(H2,30,31,32,33)/t18-,24+/m0/s1. The number of hydrogen-bond acceptors (Lipinski definition) is 5. The summed E-state index contributed by atoms with van der Waals surface area (Å²) >= 11 is 11.4. The number of benzene rings is 2. The summed E-state index contributed by atoms with van der Waals surface area (Å²) in [5.41, 5.74) is 2.54. The second-order valence-corrected chi connectivity index (χ2v) is 11.2. The molecular weight excluding hydrogens is 528 g/mol. The smallest absolute Gasteiger partial charge is 0.191 e. The van der Waals surface area contributed by atoms with Gasteiger partial charge in [-0.25, -0.2) is 9.97 Å². The van der Waals surface area contributed by atoms with Crippen LogP contribution in [0.5, 0.6) is 0 Å². The molecule has 3 aromatic rings. The van der Waals surface area contributed by atoms with Crippen LogP contribution in [-0.4, -0.2) is 28.3 Å². The van der Waals surface area contributed by atoms with Gasteiger partial charge in [0.1, 0.15) is 11.6 Å². The molecule has 0 saturated heterocycles. The fourth-order valence-corrected chi connectivity index (χ4v) is 5.57. The van der Waals surface area contributed by atoms with E-state index in [4.69, 9.17) is 21.6 Å². The molecule has 34 heavy (non-hydrogen) atoms. The maximum absolute atomic E-state index is 6.13. The Morgan fingerprint density at radius 3 is 2.47 bits per heavy atom. The highest BCUT2D eigenvalue weighted by atomic mass is 79.9. The van der Waals surface area contributed by atoms with Crippen LogP contribution in [0.2, 0.25) is 5.02 Å². The topological polar surface area (TPSA) is 49.8 Å². The first-order valence-corrected chi connectivity index (χ1v) is 14.4. The Hall–Kier alpha value is -1.76. The van der Waals surface area contributed by atoms with Crippen molar-refractivity contribution >= 4 is 50.9 Å². The van der Waals surface area contributed by atoms with E-state index in [1.807, 2.05) is 18.4 Å². The Morgan fingerprint density at radius 2 is 1.76 bits per heavy atom. The minimum Gasteiger partial charge on any atom is -0.367 e. The molecule has 1 saturated carbocycles. The monoisotopic (exact) mass is 558 g/mol. The molecule has 4 rings (SSSR count). The molecule has 0 aliphatic heterocycles. The first-order valence-electron chi connectivity index (χ1n) is 12.0. The summed E-state index contributed by atoms with van der Waals surface area (Å²) in [5, 5.41) is 8.90. The number of halogens is 2. The third-order valence-electron chi connectivity index (χ3n) is 6.47. The highest BCUT2D eigenvalue weighted by Crippen LogP contribution is 2.30. The Balaban J connectivity index is 1.56. The number of anilines is 2. The van der Waals surface area contributed by atoms with E-state index in [-0.39, 0.29) is 12.0 Å². The molecule has 0 unspecified atom stereocenters. The van der Waals surface area contributed by atoms with Crippen LogP contribution < -0.4 is 10.6 Å². The molecule has 2 N–H and O–H groups in total. The van der Waals surface area contributed by atoms with Crippen molar-refractivity contribution in [3.8, 4) is 0 Å². The molecule has 0 amide bonds. The number of nitrogens with one attached hydrogen (secondary N) is 2. The third-order valence-corrected chi connectivity index (χ3v) is 7.76. The fourth-order valence-electron chi connectivity index (χ4n) is 4.65. The molecule has 0 spiro atoms. The lowest BCUT2D eigenvalue weighted by Crippen LogP contribution is -2.27. The van der Waals surface area contributed by atoms with Gasteiger partial charge < -0.3 is 10.6 Å². The normalized spacial score (nSPS) is 16.1. The zero-order valence-corrected chi connectivity index (χ0v) is 22.9. The van der Waals surface area contributed by atoms with Crippen LogP contribution in [-0.2, 0) is 6.42 Å². The van der Waals surface area contributed by atoms with Crippen molar-refractivity contribution in [3.63, 3.8) is 0 Å². The van der Waals surface area contributed by atoms with Crippen molar-refractivity contribution in [2.75, 3.05) is 16.9 Å². The van der Waals surface area contributed by atoms with E-state index in [0.29, 0.717) is 6.04 Å². The second kappa shape index (κ2) is 12.3. The number of nitrogens with zero attached hydrogens (tertiary/aromatic N) is 2. The summed E-state index contributed by atoms with van der Waals surface area (Å²) in [6, 6.07) is 19.4. The van der Waals surface area contributed by atoms with Gasteiger partial charge in [0.2, 0.25) is 0 Å². The molecule has 1 aliphatic rings. The quantitative estimate of drug-likeness (QED) is 0.204. The van der Waals surface area contributed by atoms with Gasteiger partial charge in [0.15, 0.2) is 5.16 Å². The molecule has 0 radical (unpaired) electrons. The van der Waals surface area contributed by atoms with Gasteiger partial charge in [0, 0.05) is 33.6 Å². The Morgan fingerprint density at radius 1 is 1.03 bits per heavy atom. The van der Waals surface area contributed by atoms with Gasteiger partial charge in [-0.2, -0.15) is 0 Å². The van der Waals surface area contributed by atoms with Crippen molar-refractivity contribution in [3.05, 3.63) is 75.2 Å². The Bertz CT molecular complexity index is 1070. The van der Waals surface area contributed by atoms with E-state index in [1.54, 1.807) is 11.8 Å². The van der Waals surface area contributed by atoms with E-state index in [0.717, 1.165) is 32.7 Å². The van der Waals surface area contributed by atoms with Gasteiger partial charge in [0.25, 0.3) is 0 Å². The average molecular weight is 560 g/mol. The maximum atomic E-state index is 6.13. The zero-order valence-electron chi connectivity index (χ0n) is 19.7. The molecule has 4 nitrogen and oxygen atoms in total. The van der Waals surface area contributed by atoms with E-state index >= 15 is 0 Å². The summed E-state index contributed by atoms with van der Waals surface area (Å²) in [7, 11) is 0. The van der Waals surface area contributed by atoms with Gasteiger partial charge >= 0.3 is 0 Å². The number of rotatable bonds is 9. The van der Waals surface area contributed by atoms with Crippen molar-refractivity contribution in [1.29, 1.82) is 0 Å². The van der Waals surface area contributed by atoms with E-state index in [2.05, 4.69) is 76.0 Å². The number of aromatic nitrogens is 2. The average Bonchev–Trinajstić information content (AvgIpc) is 2.84. The van der Waals surface area contributed by atoms with Gasteiger partial charge in [-0.3, -0.25) is 0 Å². The van der Waals surface area contributed by atoms with Crippen molar-refractivity contribution in [2.45, 2.75) is 68.6 Å². The van der Waals surface area contributed by atoms with Crippen LogP contribution >= 0.6 is 39.3 Å². The summed E-state index contributed by atoms with van der Waals surface area (Å²) < 4.78 is 1.09. The predicted octanol–water partition coefficient (Wildman–Crippen LogP) is 8.19. The molecule has 1 aliphatic carbocycles.